The number of nitrogens with two attached hydrogens (primary N) is 1. The largest absolute Gasteiger partial charge is 0.493 e. The molecule has 4 N–H and O–H groups in total. The standard InChI is InChI=1S/C14H17N3O4/c1-20-11-5-8-10(6-12(11)21-2)17-7-9(14(15)19)13(8)16-3-4-18/h5-7,18H,3-4H2,1-2H3,(H2,15,19)(H,16,17). The predicted octanol–water partition coefficient (Wildman–Crippen LogP) is 0.755. The zero-order chi connectivity index (χ0) is 15.4. The first-order valence-corrected chi connectivity index (χ1v) is 6.31. The molecular weight excluding hydrogens is 274 g/mol. The molecule has 1 amide bonds. The van der Waals surface area contributed by atoms with E-state index in [4.69, 9.17) is 20.3 Å². The van der Waals surface area contributed by atoms with Crippen LogP contribution in [-0.2, 0) is 0 Å². The van der Waals surface area contributed by atoms with Gasteiger partial charge in [-0.2, -0.15) is 0 Å². The number of primary amides is 1. The van der Waals surface area contributed by atoms with Gasteiger partial charge in [0.15, 0.2) is 11.5 Å². The van der Waals surface area contributed by atoms with Gasteiger partial charge in [0.25, 0.3) is 5.91 Å². The summed E-state index contributed by atoms with van der Waals surface area (Å²) in [6.45, 7) is 0.211. The summed E-state index contributed by atoms with van der Waals surface area (Å²) in [7, 11) is 3.06. The van der Waals surface area contributed by atoms with Crippen molar-refractivity contribution in [1.29, 1.82) is 0 Å². The number of ether oxygens (including phenoxy) is 2. The SMILES string of the molecule is COc1cc2ncc(C(N)=O)c(NCCO)c2cc1OC. The van der Waals surface area contributed by atoms with Crippen LogP contribution < -0.4 is 20.5 Å². The predicted molar refractivity (Wildman–Crippen MR) is 78.9 cm³/mol. The molecule has 7 nitrogen and oxygen atoms in total. The number of fused-ring (bicyclic) bond motifs is 1. The van der Waals surface area contributed by atoms with Crippen LogP contribution in [0.4, 0.5) is 5.69 Å². The lowest BCUT2D eigenvalue weighted by Crippen LogP contribution is -2.16. The minimum atomic E-state index is -0.598. The number of benzene rings is 1. The third-order valence-electron chi connectivity index (χ3n) is 3.05. The zero-order valence-corrected chi connectivity index (χ0v) is 11.8. The minimum Gasteiger partial charge on any atom is -0.493 e. The highest BCUT2D eigenvalue weighted by Gasteiger charge is 2.16. The first kappa shape index (κ1) is 14.9. The summed E-state index contributed by atoms with van der Waals surface area (Å²) in [6.07, 6.45) is 1.40. The molecule has 0 unspecified atom stereocenters. The van der Waals surface area contributed by atoms with Crippen molar-refractivity contribution in [3.63, 3.8) is 0 Å². The van der Waals surface area contributed by atoms with Crippen molar-refractivity contribution in [1.82, 2.24) is 4.98 Å². The number of pyridine rings is 1. The van der Waals surface area contributed by atoms with Gasteiger partial charge in [0, 0.05) is 24.2 Å². The molecule has 0 saturated heterocycles. The number of rotatable bonds is 6. The number of aliphatic hydroxyl groups excluding tert-OH is 1. The summed E-state index contributed by atoms with van der Waals surface area (Å²) in [6, 6.07) is 3.43. The fourth-order valence-corrected chi connectivity index (χ4v) is 2.08. The molecule has 0 radical (unpaired) electrons. The van der Waals surface area contributed by atoms with Crippen molar-refractivity contribution < 1.29 is 19.4 Å². The number of carbonyl (C=O) groups excluding carboxylic acids is 1. The normalized spacial score (nSPS) is 10.4. The molecule has 0 aliphatic rings. The number of methoxy groups -OCH3 is 2. The second-order valence-electron chi connectivity index (χ2n) is 4.29. The second kappa shape index (κ2) is 6.27. The Bertz CT molecular complexity index is 673. The number of aromatic nitrogens is 1. The molecule has 0 spiro atoms. The molecule has 112 valence electrons. The number of hydrogen-bond donors (Lipinski definition) is 3. The number of aliphatic hydroxyl groups is 1. The maximum atomic E-state index is 11.5. The van der Waals surface area contributed by atoms with Crippen LogP contribution in [0.3, 0.4) is 0 Å². The Hall–Kier alpha value is -2.54. The summed E-state index contributed by atoms with van der Waals surface area (Å²) in [5, 5.41) is 12.6. The first-order chi connectivity index (χ1) is 10.1. The van der Waals surface area contributed by atoms with Crippen LogP contribution in [0, 0.1) is 0 Å². The van der Waals surface area contributed by atoms with Gasteiger partial charge in [-0.15, -0.1) is 0 Å². The molecule has 0 fully saturated rings. The van der Waals surface area contributed by atoms with Crippen molar-refractivity contribution in [3.05, 3.63) is 23.9 Å². The third kappa shape index (κ3) is 2.82. The maximum absolute atomic E-state index is 11.5. The number of nitrogens with zero attached hydrogens (tertiary/aromatic N) is 1. The van der Waals surface area contributed by atoms with Crippen molar-refractivity contribution in [3.8, 4) is 11.5 Å². The van der Waals surface area contributed by atoms with Crippen LogP contribution in [0.5, 0.6) is 11.5 Å². The van der Waals surface area contributed by atoms with Gasteiger partial charge in [-0.05, 0) is 6.07 Å². The quantitative estimate of drug-likeness (QED) is 0.725. The van der Waals surface area contributed by atoms with E-state index in [0.29, 0.717) is 28.1 Å². The molecule has 7 heteroatoms. The van der Waals surface area contributed by atoms with E-state index in [-0.39, 0.29) is 18.7 Å². The number of hydrogen-bond acceptors (Lipinski definition) is 6. The Balaban J connectivity index is 2.71. The highest BCUT2D eigenvalue weighted by molar-refractivity contribution is 6.07. The lowest BCUT2D eigenvalue weighted by atomic mass is 10.1. The summed E-state index contributed by atoms with van der Waals surface area (Å²) < 4.78 is 10.5. The van der Waals surface area contributed by atoms with E-state index >= 15 is 0 Å². The average molecular weight is 291 g/mol. The molecule has 0 atom stereocenters. The Morgan fingerprint density at radius 1 is 1.33 bits per heavy atom. The topological polar surface area (TPSA) is 107 Å². The van der Waals surface area contributed by atoms with Crippen LogP contribution in [0.2, 0.25) is 0 Å². The van der Waals surface area contributed by atoms with E-state index in [1.807, 2.05) is 0 Å². The monoisotopic (exact) mass is 291 g/mol. The Kier molecular flexibility index (Phi) is 4.44. The summed E-state index contributed by atoms with van der Waals surface area (Å²) >= 11 is 0. The molecule has 0 bridgehead atoms. The summed E-state index contributed by atoms with van der Waals surface area (Å²) in [5.74, 6) is 0.456. The van der Waals surface area contributed by atoms with Gasteiger partial charge < -0.3 is 25.6 Å². The fraction of sp³-hybridized carbons (Fsp3) is 0.286. The van der Waals surface area contributed by atoms with Crippen LogP contribution in [0.1, 0.15) is 10.4 Å². The number of anilines is 1. The van der Waals surface area contributed by atoms with E-state index in [9.17, 15) is 4.79 Å². The molecule has 0 aliphatic carbocycles. The minimum absolute atomic E-state index is 0.0741. The van der Waals surface area contributed by atoms with Gasteiger partial charge in [-0.25, -0.2) is 0 Å². The van der Waals surface area contributed by atoms with Crippen LogP contribution in [0.25, 0.3) is 10.9 Å². The highest BCUT2D eigenvalue weighted by atomic mass is 16.5. The lowest BCUT2D eigenvalue weighted by molar-refractivity contribution is 0.100. The first-order valence-electron chi connectivity index (χ1n) is 6.31. The molecule has 2 aromatic rings. The van der Waals surface area contributed by atoms with E-state index < -0.39 is 5.91 Å². The number of amides is 1. The van der Waals surface area contributed by atoms with Crippen LogP contribution >= 0.6 is 0 Å². The number of nitrogens with one attached hydrogen (secondary N) is 1. The van der Waals surface area contributed by atoms with E-state index in [1.165, 1.54) is 20.4 Å². The molecule has 1 heterocycles. The van der Waals surface area contributed by atoms with E-state index in [0.717, 1.165) is 0 Å². The smallest absolute Gasteiger partial charge is 0.252 e. The fourth-order valence-electron chi connectivity index (χ4n) is 2.08. The molecule has 1 aromatic heterocycles. The zero-order valence-electron chi connectivity index (χ0n) is 11.8. The van der Waals surface area contributed by atoms with Gasteiger partial charge >= 0.3 is 0 Å². The Morgan fingerprint density at radius 2 is 2.00 bits per heavy atom. The Morgan fingerprint density at radius 3 is 2.57 bits per heavy atom. The van der Waals surface area contributed by atoms with Crippen molar-refractivity contribution in [2.75, 3.05) is 32.7 Å². The molecule has 0 saturated carbocycles. The van der Waals surface area contributed by atoms with Crippen molar-refractivity contribution >= 4 is 22.5 Å². The molecule has 2 rings (SSSR count). The van der Waals surface area contributed by atoms with Crippen molar-refractivity contribution in [2.45, 2.75) is 0 Å². The van der Waals surface area contributed by atoms with Gasteiger partial charge in [-0.3, -0.25) is 9.78 Å². The van der Waals surface area contributed by atoms with E-state index in [2.05, 4.69) is 10.3 Å². The molecular formula is C14H17N3O4. The maximum Gasteiger partial charge on any atom is 0.252 e. The molecule has 21 heavy (non-hydrogen) atoms. The second-order valence-corrected chi connectivity index (χ2v) is 4.29. The van der Waals surface area contributed by atoms with Crippen LogP contribution in [0.15, 0.2) is 18.3 Å². The average Bonchev–Trinajstić information content (AvgIpc) is 2.50. The van der Waals surface area contributed by atoms with Crippen LogP contribution in [-0.4, -0.2) is 43.4 Å². The Labute approximate surface area is 121 Å². The van der Waals surface area contributed by atoms with E-state index in [1.54, 1.807) is 12.1 Å². The van der Waals surface area contributed by atoms with Gasteiger partial charge in [0.2, 0.25) is 0 Å². The lowest BCUT2D eigenvalue weighted by Gasteiger charge is -2.14. The molecule has 0 aliphatic heterocycles. The van der Waals surface area contributed by atoms with Gasteiger partial charge in [-0.1, -0.05) is 0 Å². The third-order valence-corrected chi connectivity index (χ3v) is 3.05. The van der Waals surface area contributed by atoms with Crippen molar-refractivity contribution in [2.24, 2.45) is 5.73 Å². The summed E-state index contributed by atoms with van der Waals surface area (Å²) in [4.78, 5) is 15.7. The van der Waals surface area contributed by atoms with Gasteiger partial charge in [0.1, 0.15) is 0 Å². The van der Waals surface area contributed by atoms with Gasteiger partial charge in [0.05, 0.1) is 37.6 Å². The number of carbonyl (C=O) groups is 1. The highest BCUT2D eigenvalue weighted by Crippen LogP contribution is 2.35. The molecule has 1 aromatic carbocycles. The summed E-state index contributed by atoms with van der Waals surface area (Å²) in [5.41, 5.74) is 6.76.